The highest BCUT2D eigenvalue weighted by Gasteiger charge is 1.95. The molecule has 0 unspecified atom stereocenters. The molecule has 0 aliphatic heterocycles. The number of carboxylic acid groups (broad SMARTS) is 1. The van der Waals surface area contributed by atoms with Crippen molar-refractivity contribution in [3.63, 3.8) is 0 Å². The number of hydrogen-bond donors (Lipinski definition) is 3. The largest absolute Gasteiger partial charge is 0.481 e. The zero-order chi connectivity index (χ0) is 16.2. The van der Waals surface area contributed by atoms with E-state index in [4.69, 9.17) is 15.3 Å². The van der Waals surface area contributed by atoms with Gasteiger partial charge in [-0.1, -0.05) is 44.6 Å². The second-order valence-electron chi connectivity index (χ2n) is 5.20. The number of allylic oxidation sites excluding steroid dienone is 1. The fourth-order valence-corrected chi connectivity index (χ4v) is 1.85. The minimum Gasteiger partial charge on any atom is -0.481 e. The molecule has 0 heterocycles. The van der Waals surface area contributed by atoms with Crippen molar-refractivity contribution in [1.29, 1.82) is 0 Å². The monoisotopic (exact) mass is 302 g/mol. The minimum absolute atomic E-state index is 0.283. The van der Waals surface area contributed by atoms with Crippen LogP contribution >= 0.6 is 0 Å². The van der Waals surface area contributed by atoms with E-state index in [0.717, 1.165) is 44.9 Å². The van der Waals surface area contributed by atoms with Gasteiger partial charge in [-0.3, -0.25) is 4.79 Å². The van der Waals surface area contributed by atoms with E-state index in [1.54, 1.807) is 0 Å². The Labute approximate surface area is 129 Å². The van der Waals surface area contributed by atoms with Crippen LogP contribution in [0.5, 0.6) is 0 Å². The Morgan fingerprint density at radius 2 is 1.19 bits per heavy atom. The summed E-state index contributed by atoms with van der Waals surface area (Å²) in [4.78, 5) is 10.2. The summed E-state index contributed by atoms with van der Waals surface area (Å²) in [5.74, 6) is -0.674. The summed E-state index contributed by atoms with van der Waals surface area (Å²) in [6, 6.07) is 0. The van der Waals surface area contributed by atoms with Crippen molar-refractivity contribution in [2.75, 3.05) is 13.2 Å². The molecule has 0 amide bonds. The molecule has 21 heavy (non-hydrogen) atoms. The van der Waals surface area contributed by atoms with Crippen LogP contribution in [0.25, 0.3) is 0 Å². The molecular weight excluding hydrogens is 268 g/mol. The van der Waals surface area contributed by atoms with Crippen LogP contribution in [0.15, 0.2) is 12.7 Å². The summed E-state index contributed by atoms with van der Waals surface area (Å²) in [6.45, 7) is 4.23. The van der Waals surface area contributed by atoms with Gasteiger partial charge in [0.2, 0.25) is 0 Å². The molecule has 0 bridgehead atoms. The predicted molar refractivity (Wildman–Crippen MR) is 87.4 cm³/mol. The van der Waals surface area contributed by atoms with Gasteiger partial charge in [-0.2, -0.15) is 0 Å². The molecule has 3 N–H and O–H groups in total. The van der Waals surface area contributed by atoms with Crippen molar-refractivity contribution < 1.29 is 20.1 Å². The molecule has 0 saturated heterocycles. The maximum absolute atomic E-state index is 10.2. The average molecular weight is 302 g/mol. The Balaban J connectivity index is 0. The van der Waals surface area contributed by atoms with Gasteiger partial charge in [-0.25, -0.2) is 0 Å². The summed E-state index contributed by atoms with van der Waals surface area (Å²) >= 11 is 0. The van der Waals surface area contributed by atoms with Crippen molar-refractivity contribution in [2.24, 2.45) is 0 Å². The van der Waals surface area contributed by atoms with Gasteiger partial charge in [0, 0.05) is 19.6 Å². The quantitative estimate of drug-likeness (QED) is 0.336. The van der Waals surface area contributed by atoms with Crippen LogP contribution in [0.2, 0.25) is 0 Å². The number of carboxylic acids is 1. The molecular formula is C17H34O4. The lowest BCUT2D eigenvalue weighted by molar-refractivity contribution is -0.137. The maximum atomic E-state index is 10.2. The van der Waals surface area contributed by atoms with E-state index >= 15 is 0 Å². The first kappa shape index (κ1) is 22.4. The number of unbranched alkanes of at least 4 members (excludes halogenated alkanes) is 9. The van der Waals surface area contributed by atoms with Crippen LogP contribution in [0, 0.1) is 0 Å². The molecule has 4 nitrogen and oxygen atoms in total. The Morgan fingerprint density at radius 3 is 1.62 bits per heavy atom. The van der Waals surface area contributed by atoms with Gasteiger partial charge in [0.1, 0.15) is 0 Å². The first-order valence-electron chi connectivity index (χ1n) is 8.23. The molecule has 0 radical (unpaired) electrons. The third kappa shape index (κ3) is 28.1. The van der Waals surface area contributed by atoms with Crippen LogP contribution in [0.1, 0.15) is 77.0 Å². The summed E-state index contributed by atoms with van der Waals surface area (Å²) in [6.07, 6.45) is 14.0. The summed E-state index contributed by atoms with van der Waals surface area (Å²) in [5, 5.41) is 25.0. The third-order valence-corrected chi connectivity index (χ3v) is 3.12. The van der Waals surface area contributed by atoms with E-state index in [1.165, 1.54) is 25.7 Å². The van der Waals surface area contributed by atoms with E-state index < -0.39 is 5.97 Å². The maximum Gasteiger partial charge on any atom is 0.303 e. The molecule has 126 valence electrons. The molecule has 0 saturated carbocycles. The van der Waals surface area contributed by atoms with Gasteiger partial charge in [0.25, 0.3) is 0 Å². The highest BCUT2D eigenvalue weighted by molar-refractivity contribution is 5.66. The SMILES string of the molecule is C=CCCCCCCCCC(=O)O.OCCCCCCO. The Bertz CT molecular complexity index is 211. The minimum atomic E-state index is -0.674. The van der Waals surface area contributed by atoms with Gasteiger partial charge in [-0.05, 0) is 32.1 Å². The van der Waals surface area contributed by atoms with Gasteiger partial charge in [0.05, 0.1) is 0 Å². The average Bonchev–Trinajstić information content (AvgIpc) is 2.47. The normalized spacial score (nSPS) is 9.81. The highest BCUT2D eigenvalue weighted by atomic mass is 16.4. The fourth-order valence-electron chi connectivity index (χ4n) is 1.85. The predicted octanol–water partition coefficient (Wildman–Crippen LogP) is 3.91. The van der Waals surface area contributed by atoms with Gasteiger partial charge < -0.3 is 15.3 Å². The lowest BCUT2D eigenvalue weighted by Crippen LogP contribution is -1.93. The standard InChI is InChI=1S/C11H20O2.C6H14O2/c1-2-3-4-5-6-7-8-9-10-11(12)13;7-5-3-1-2-4-6-8/h2H,1,3-10H2,(H,12,13);7-8H,1-6H2. The topological polar surface area (TPSA) is 77.8 Å². The number of carbonyl (C=O) groups is 1. The van der Waals surface area contributed by atoms with E-state index in [1.807, 2.05) is 6.08 Å². The molecule has 0 aliphatic rings. The van der Waals surface area contributed by atoms with Crippen molar-refractivity contribution in [1.82, 2.24) is 0 Å². The van der Waals surface area contributed by atoms with Crippen molar-refractivity contribution >= 4 is 5.97 Å². The van der Waals surface area contributed by atoms with E-state index in [2.05, 4.69) is 6.58 Å². The van der Waals surface area contributed by atoms with Crippen molar-refractivity contribution in [2.45, 2.75) is 77.0 Å². The van der Waals surface area contributed by atoms with Crippen LogP contribution < -0.4 is 0 Å². The van der Waals surface area contributed by atoms with E-state index in [9.17, 15) is 4.79 Å². The van der Waals surface area contributed by atoms with Gasteiger partial charge in [0.15, 0.2) is 0 Å². The number of aliphatic hydroxyl groups excluding tert-OH is 2. The smallest absolute Gasteiger partial charge is 0.303 e. The van der Waals surface area contributed by atoms with Crippen LogP contribution in [-0.2, 0) is 4.79 Å². The Morgan fingerprint density at radius 1 is 0.762 bits per heavy atom. The van der Waals surface area contributed by atoms with Gasteiger partial charge >= 0.3 is 5.97 Å². The summed E-state index contributed by atoms with van der Waals surface area (Å²) < 4.78 is 0. The third-order valence-electron chi connectivity index (χ3n) is 3.12. The number of rotatable bonds is 14. The molecule has 0 aromatic rings. The zero-order valence-electron chi connectivity index (χ0n) is 13.4. The number of aliphatic carboxylic acids is 1. The number of hydrogen-bond acceptors (Lipinski definition) is 3. The second kappa shape index (κ2) is 21.4. The number of aliphatic hydroxyl groups is 2. The molecule has 4 heteroatoms. The van der Waals surface area contributed by atoms with Crippen LogP contribution in [0.3, 0.4) is 0 Å². The Kier molecular flexibility index (Phi) is 22.9. The first-order chi connectivity index (χ1) is 10.2. The first-order valence-corrected chi connectivity index (χ1v) is 8.23. The molecule has 0 aromatic heterocycles. The van der Waals surface area contributed by atoms with E-state index in [0.29, 0.717) is 6.42 Å². The molecule has 0 spiro atoms. The zero-order valence-corrected chi connectivity index (χ0v) is 13.4. The molecule has 0 aliphatic carbocycles. The Hall–Kier alpha value is -0.870. The summed E-state index contributed by atoms with van der Waals surface area (Å²) in [7, 11) is 0. The molecule has 0 fully saturated rings. The highest BCUT2D eigenvalue weighted by Crippen LogP contribution is 2.08. The molecule has 0 rings (SSSR count). The summed E-state index contributed by atoms with van der Waals surface area (Å²) in [5.41, 5.74) is 0. The second-order valence-corrected chi connectivity index (χ2v) is 5.20. The van der Waals surface area contributed by atoms with Crippen LogP contribution in [-0.4, -0.2) is 34.5 Å². The van der Waals surface area contributed by atoms with Crippen LogP contribution in [0.4, 0.5) is 0 Å². The van der Waals surface area contributed by atoms with Crippen molar-refractivity contribution in [3.8, 4) is 0 Å². The van der Waals surface area contributed by atoms with Gasteiger partial charge in [-0.15, -0.1) is 6.58 Å². The lowest BCUT2D eigenvalue weighted by atomic mass is 10.1. The fraction of sp³-hybridized carbons (Fsp3) is 0.824. The molecule has 0 atom stereocenters. The van der Waals surface area contributed by atoms with E-state index in [-0.39, 0.29) is 13.2 Å². The lowest BCUT2D eigenvalue weighted by Gasteiger charge is -1.98. The van der Waals surface area contributed by atoms with Crippen molar-refractivity contribution in [3.05, 3.63) is 12.7 Å². The molecule has 0 aromatic carbocycles.